The van der Waals surface area contributed by atoms with Gasteiger partial charge >= 0.3 is 5.97 Å². The molecule has 12 nitrogen and oxygen atoms in total. The third-order valence-electron chi connectivity index (χ3n) is 5.75. The summed E-state index contributed by atoms with van der Waals surface area (Å²) < 4.78 is 39.4. The van der Waals surface area contributed by atoms with Gasteiger partial charge in [-0.05, 0) is 43.2 Å². The van der Waals surface area contributed by atoms with Crippen LogP contribution in [0, 0.1) is 10.1 Å². The summed E-state index contributed by atoms with van der Waals surface area (Å²) in [5, 5.41) is 11.2. The van der Waals surface area contributed by atoms with Gasteiger partial charge in [0.25, 0.3) is 11.6 Å². The number of hydrogen-bond donors (Lipinski definition) is 0. The lowest BCUT2D eigenvalue weighted by atomic mass is 10.2. The molecule has 1 aliphatic rings. The van der Waals surface area contributed by atoms with Gasteiger partial charge in [-0.2, -0.15) is 9.30 Å². The second-order valence-corrected chi connectivity index (χ2v) is 10.8. The molecular formula is C22H22N4O8S2. The van der Waals surface area contributed by atoms with Gasteiger partial charge in [0, 0.05) is 18.7 Å². The lowest BCUT2D eigenvalue weighted by molar-refractivity contribution is -0.384. The molecule has 0 radical (unpaired) electrons. The number of ether oxygens (including phenoxy) is 2. The van der Waals surface area contributed by atoms with Crippen molar-refractivity contribution in [3.63, 3.8) is 0 Å². The number of aromatic nitrogens is 1. The zero-order chi connectivity index (χ0) is 26.0. The smallest absolute Gasteiger partial charge is 0.325 e. The molecule has 1 fully saturated rings. The first-order chi connectivity index (χ1) is 17.1. The van der Waals surface area contributed by atoms with E-state index in [2.05, 4.69) is 4.99 Å². The molecule has 14 heteroatoms. The molecule has 4 rings (SSSR count). The van der Waals surface area contributed by atoms with Gasteiger partial charge in [0.15, 0.2) is 4.80 Å². The fourth-order valence-corrected chi connectivity index (χ4v) is 6.60. The standard InChI is InChI=1S/C22H22N4O8S2/c1-33-15-6-8-16(9-7-15)36(31,32)25-11-3-4-17(25)21(28)23-22-24(13-20(27)34-2)18-12-14(26(29)30)5-10-19(18)35-22/h5-10,12,17H,3-4,11,13H2,1-2H3. The maximum atomic E-state index is 13.3. The summed E-state index contributed by atoms with van der Waals surface area (Å²) in [4.78, 5) is 40.2. The number of esters is 1. The number of methoxy groups -OCH3 is 2. The molecule has 1 unspecified atom stereocenters. The van der Waals surface area contributed by atoms with Gasteiger partial charge in [0.05, 0.1) is 34.3 Å². The molecular weight excluding hydrogens is 512 g/mol. The monoisotopic (exact) mass is 534 g/mol. The van der Waals surface area contributed by atoms with E-state index in [0.717, 1.165) is 15.6 Å². The fourth-order valence-electron chi connectivity index (χ4n) is 3.93. The van der Waals surface area contributed by atoms with Crippen LogP contribution >= 0.6 is 11.3 Å². The van der Waals surface area contributed by atoms with Gasteiger partial charge in [-0.3, -0.25) is 19.7 Å². The van der Waals surface area contributed by atoms with Crippen molar-refractivity contribution in [1.29, 1.82) is 0 Å². The summed E-state index contributed by atoms with van der Waals surface area (Å²) in [5.74, 6) is -0.831. The van der Waals surface area contributed by atoms with Crippen molar-refractivity contribution in [2.45, 2.75) is 30.3 Å². The number of nitrogens with zero attached hydrogens (tertiary/aromatic N) is 4. The van der Waals surface area contributed by atoms with Crippen molar-refractivity contribution in [2.24, 2.45) is 4.99 Å². The molecule has 3 aromatic rings. The molecule has 1 saturated heterocycles. The number of nitro groups is 1. The van der Waals surface area contributed by atoms with Crippen LogP contribution in [0.5, 0.6) is 5.75 Å². The number of amides is 1. The quantitative estimate of drug-likeness (QED) is 0.254. The highest BCUT2D eigenvalue weighted by atomic mass is 32.2. The van der Waals surface area contributed by atoms with Crippen LogP contribution < -0.4 is 9.54 Å². The predicted octanol–water partition coefficient (Wildman–Crippen LogP) is 2.07. The molecule has 0 aliphatic carbocycles. The Balaban J connectivity index is 1.74. The summed E-state index contributed by atoms with van der Waals surface area (Å²) >= 11 is 1.06. The molecule has 1 aliphatic heterocycles. The van der Waals surface area contributed by atoms with Crippen LogP contribution in [0.1, 0.15) is 12.8 Å². The number of carbonyl (C=O) groups excluding carboxylic acids is 2. The molecule has 190 valence electrons. The highest BCUT2D eigenvalue weighted by molar-refractivity contribution is 7.89. The van der Waals surface area contributed by atoms with E-state index in [9.17, 15) is 28.1 Å². The SMILES string of the molecule is COC(=O)Cn1c(=NC(=O)C2CCCN2S(=O)(=O)c2ccc(OC)cc2)sc2ccc([N+](=O)[O-])cc21. The van der Waals surface area contributed by atoms with Crippen LogP contribution in [-0.4, -0.2) is 60.9 Å². The average molecular weight is 535 g/mol. The van der Waals surface area contributed by atoms with Crippen LogP contribution in [-0.2, 0) is 30.9 Å². The van der Waals surface area contributed by atoms with E-state index >= 15 is 0 Å². The molecule has 0 bridgehead atoms. The van der Waals surface area contributed by atoms with E-state index in [1.807, 2.05) is 0 Å². The summed E-state index contributed by atoms with van der Waals surface area (Å²) in [6, 6.07) is 8.95. The Labute approximate surface area is 209 Å². The Bertz CT molecular complexity index is 1510. The Hall–Kier alpha value is -3.62. The lowest BCUT2D eigenvalue weighted by Crippen LogP contribution is -2.40. The third kappa shape index (κ3) is 4.87. The van der Waals surface area contributed by atoms with Crippen molar-refractivity contribution in [3.05, 3.63) is 57.4 Å². The topological polar surface area (TPSA) is 150 Å². The largest absolute Gasteiger partial charge is 0.497 e. The Morgan fingerprint density at radius 3 is 2.56 bits per heavy atom. The van der Waals surface area contributed by atoms with Crippen molar-refractivity contribution < 1.29 is 32.4 Å². The summed E-state index contributed by atoms with van der Waals surface area (Å²) in [6.07, 6.45) is 0.757. The number of rotatable bonds is 7. The number of non-ortho nitro benzene ring substituents is 1. The van der Waals surface area contributed by atoms with E-state index in [0.29, 0.717) is 22.4 Å². The first-order valence-corrected chi connectivity index (χ1v) is 13.0. The minimum Gasteiger partial charge on any atom is -0.497 e. The number of benzene rings is 2. The summed E-state index contributed by atoms with van der Waals surface area (Å²) in [5.41, 5.74) is 0.143. The Kier molecular flexibility index (Phi) is 7.19. The van der Waals surface area contributed by atoms with Crippen molar-refractivity contribution in [3.8, 4) is 5.75 Å². The average Bonchev–Trinajstić information content (AvgIpc) is 3.49. The van der Waals surface area contributed by atoms with Crippen LogP contribution in [0.2, 0.25) is 0 Å². The van der Waals surface area contributed by atoms with Crippen LogP contribution in [0.3, 0.4) is 0 Å². The van der Waals surface area contributed by atoms with Crippen molar-refractivity contribution in [2.75, 3.05) is 20.8 Å². The van der Waals surface area contributed by atoms with Crippen LogP contribution in [0.15, 0.2) is 52.4 Å². The van der Waals surface area contributed by atoms with Crippen molar-refractivity contribution in [1.82, 2.24) is 8.87 Å². The maximum absolute atomic E-state index is 13.3. The minimum atomic E-state index is -3.98. The molecule has 0 saturated carbocycles. The Morgan fingerprint density at radius 2 is 1.92 bits per heavy atom. The molecule has 2 heterocycles. The summed E-state index contributed by atoms with van der Waals surface area (Å²) in [6.45, 7) is -0.177. The zero-order valence-corrected chi connectivity index (χ0v) is 21.0. The highest BCUT2D eigenvalue weighted by Gasteiger charge is 2.39. The first-order valence-electron chi connectivity index (χ1n) is 10.7. The minimum absolute atomic E-state index is 0.0259. The number of sulfonamides is 1. The number of fused-ring (bicyclic) bond motifs is 1. The number of nitro benzene ring substituents is 1. The van der Waals surface area contributed by atoms with Crippen molar-refractivity contribution >= 4 is 49.1 Å². The molecule has 36 heavy (non-hydrogen) atoms. The second-order valence-electron chi connectivity index (χ2n) is 7.86. The highest BCUT2D eigenvalue weighted by Crippen LogP contribution is 2.28. The van der Waals surface area contributed by atoms with Gasteiger partial charge in [0.1, 0.15) is 18.3 Å². The normalized spacial score (nSPS) is 16.8. The predicted molar refractivity (Wildman–Crippen MR) is 129 cm³/mol. The summed E-state index contributed by atoms with van der Waals surface area (Å²) in [7, 11) is -1.31. The van der Waals surface area contributed by atoms with Crippen LogP contribution in [0.25, 0.3) is 10.2 Å². The number of thiazole rings is 1. The molecule has 0 spiro atoms. The fraction of sp³-hybridized carbons (Fsp3) is 0.318. The maximum Gasteiger partial charge on any atom is 0.325 e. The Morgan fingerprint density at radius 1 is 1.19 bits per heavy atom. The molecule has 2 aromatic carbocycles. The first kappa shape index (κ1) is 25.5. The van der Waals surface area contributed by atoms with Gasteiger partial charge in [0.2, 0.25) is 10.0 Å². The van der Waals surface area contributed by atoms with Gasteiger partial charge in [-0.1, -0.05) is 11.3 Å². The van der Waals surface area contributed by atoms with E-state index in [4.69, 9.17) is 9.47 Å². The number of carbonyl (C=O) groups is 2. The molecule has 0 N–H and O–H groups in total. The van der Waals surface area contributed by atoms with Gasteiger partial charge in [-0.25, -0.2) is 8.42 Å². The van der Waals surface area contributed by atoms with E-state index in [1.54, 1.807) is 0 Å². The van der Waals surface area contributed by atoms with Gasteiger partial charge < -0.3 is 14.0 Å². The number of hydrogen-bond acceptors (Lipinski definition) is 9. The second kappa shape index (κ2) is 10.2. The van der Waals surface area contributed by atoms with E-state index < -0.39 is 32.9 Å². The zero-order valence-electron chi connectivity index (χ0n) is 19.3. The molecule has 1 amide bonds. The van der Waals surface area contributed by atoms with Crippen LogP contribution in [0.4, 0.5) is 5.69 Å². The molecule has 1 atom stereocenters. The molecule has 1 aromatic heterocycles. The van der Waals surface area contributed by atoms with E-state index in [-0.39, 0.29) is 34.9 Å². The van der Waals surface area contributed by atoms with Gasteiger partial charge in [-0.15, -0.1) is 0 Å². The van der Waals surface area contributed by atoms with E-state index in [1.165, 1.54) is 61.3 Å². The third-order valence-corrected chi connectivity index (χ3v) is 8.73. The lowest BCUT2D eigenvalue weighted by Gasteiger charge is -2.21.